The Morgan fingerprint density at radius 2 is 1.89 bits per heavy atom. The van der Waals surface area contributed by atoms with Crippen LogP contribution in [0.15, 0.2) is 48.7 Å². The van der Waals surface area contributed by atoms with Gasteiger partial charge in [0.25, 0.3) is 0 Å². The average molecular weight is 242 g/mol. The summed E-state index contributed by atoms with van der Waals surface area (Å²) in [6.45, 7) is 2.04. The zero-order valence-corrected chi connectivity index (χ0v) is 10.5. The van der Waals surface area contributed by atoms with Crippen LogP contribution in [0.1, 0.15) is 30.9 Å². The molecule has 1 atom stereocenters. The van der Waals surface area contributed by atoms with E-state index >= 15 is 0 Å². The smallest absolute Gasteiger partial charge is 0.129 e. The van der Waals surface area contributed by atoms with E-state index in [1.54, 1.807) is 12.3 Å². The number of anilines is 1. The van der Waals surface area contributed by atoms with Crippen molar-refractivity contribution in [2.24, 2.45) is 0 Å². The van der Waals surface area contributed by atoms with Crippen LogP contribution in [0.25, 0.3) is 0 Å². The van der Waals surface area contributed by atoms with Crippen molar-refractivity contribution in [2.45, 2.75) is 25.4 Å². The topological polar surface area (TPSA) is 59.1 Å². The van der Waals surface area contributed by atoms with Crippen LogP contribution in [-0.4, -0.2) is 10.1 Å². The van der Waals surface area contributed by atoms with Gasteiger partial charge in [0.15, 0.2) is 0 Å². The van der Waals surface area contributed by atoms with Gasteiger partial charge in [0.05, 0.1) is 0 Å². The van der Waals surface area contributed by atoms with Crippen LogP contribution in [0, 0.1) is 0 Å². The highest BCUT2D eigenvalue weighted by Crippen LogP contribution is 2.36. The maximum Gasteiger partial charge on any atom is 0.129 e. The maximum atomic E-state index is 11.0. The molecule has 1 aromatic carbocycles. The van der Waals surface area contributed by atoms with Gasteiger partial charge in [0, 0.05) is 11.8 Å². The molecule has 0 amide bonds. The van der Waals surface area contributed by atoms with Gasteiger partial charge in [-0.1, -0.05) is 49.7 Å². The summed E-state index contributed by atoms with van der Waals surface area (Å²) in [5, 5.41) is 11.0. The number of aromatic nitrogens is 1. The Bertz CT molecular complexity index is 513. The number of hydrogen-bond acceptors (Lipinski definition) is 3. The Labute approximate surface area is 107 Å². The van der Waals surface area contributed by atoms with Crippen molar-refractivity contribution in [3.8, 4) is 0 Å². The molecule has 0 saturated heterocycles. The number of rotatable bonds is 4. The van der Waals surface area contributed by atoms with Gasteiger partial charge >= 0.3 is 0 Å². The predicted octanol–water partition coefficient (Wildman–Crippen LogP) is 2.70. The Morgan fingerprint density at radius 1 is 1.17 bits per heavy atom. The molecule has 3 nitrogen and oxygen atoms in total. The van der Waals surface area contributed by atoms with Crippen LogP contribution in [0.2, 0.25) is 0 Å². The number of aliphatic hydroxyl groups is 1. The quantitative estimate of drug-likeness (QED) is 0.866. The lowest BCUT2D eigenvalue weighted by atomic mass is 9.83. The second-order valence-corrected chi connectivity index (χ2v) is 4.41. The zero-order valence-electron chi connectivity index (χ0n) is 10.5. The first kappa shape index (κ1) is 12.6. The lowest BCUT2D eigenvalue weighted by Crippen LogP contribution is -2.28. The third kappa shape index (κ3) is 2.22. The summed E-state index contributed by atoms with van der Waals surface area (Å²) < 4.78 is 0. The van der Waals surface area contributed by atoms with Crippen LogP contribution in [-0.2, 0) is 5.60 Å². The lowest BCUT2D eigenvalue weighted by molar-refractivity contribution is 0.0707. The molecule has 1 aromatic heterocycles. The van der Waals surface area contributed by atoms with E-state index in [0.29, 0.717) is 17.8 Å². The molecule has 0 aliphatic heterocycles. The van der Waals surface area contributed by atoms with Crippen LogP contribution in [0.3, 0.4) is 0 Å². The van der Waals surface area contributed by atoms with Crippen LogP contribution in [0.5, 0.6) is 0 Å². The van der Waals surface area contributed by atoms with Crippen molar-refractivity contribution < 1.29 is 5.11 Å². The SMILES string of the molecule is CCCC(O)(c1ccccc1)c1cccnc1N. The summed E-state index contributed by atoms with van der Waals surface area (Å²) in [5.74, 6) is 0.386. The van der Waals surface area contributed by atoms with Gasteiger partial charge < -0.3 is 10.8 Å². The molecule has 0 radical (unpaired) electrons. The monoisotopic (exact) mass is 242 g/mol. The number of pyridine rings is 1. The van der Waals surface area contributed by atoms with Crippen LogP contribution < -0.4 is 5.73 Å². The second kappa shape index (κ2) is 5.19. The van der Waals surface area contributed by atoms with Crippen molar-refractivity contribution in [3.05, 3.63) is 59.8 Å². The molecule has 2 rings (SSSR count). The number of nitrogens with two attached hydrogens (primary N) is 1. The van der Waals surface area contributed by atoms with Crippen LogP contribution in [0.4, 0.5) is 5.82 Å². The summed E-state index contributed by atoms with van der Waals surface area (Å²) in [4.78, 5) is 4.07. The number of nitrogens with zero attached hydrogens (tertiary/aromatic N) is 1. The molecule has 0 fully saturated rings. The molecular formula is C15H18N2O. The Balaban J connectivity index is 2.55. The van der Waals surface area contributed by atoms with Crippen molar-refractivity contribution in [1.29, 1.82) is 0 Å². The first-order valence-electron chi connectivity index (χ1n) is 6.17. The molecule has 0 spiro atoms. The Morgan fingerprint density at radius 3 is 2.50 bits per heavy atom. The highest BCUT2D eigenvalue weighted by Gasteiger charge is 2.32. The van der Waals surface area contributed by atoms with Gasteiger partial charge in [-0.15, -0.1) is 0 Å². The summed E-state index contributed by atoms with van der Waals surface area (Å²) in [7, 11) is 0. The van der Waals surface area contributed by atoms with E-state index in [9.17, 15) is 5.11 Å². The molecule has 1 unspecified atom stereocenters. The normalized spacial score (nSPS) is 14.1. The minimum absolute atomic E-state index is 0.386. The zero-order chi connectivity index (χ0) is 13.0. The molecule has 0 saturated carbocycles. The highest BCUT2D eigenvalue weighted by molar-refractivity contribution is 5.48. The average Bonchev–Trinajstić information content (AvgIpc) is 2.40. The van der Waals surface area contributed by atoms with E-state index < -0.39 is 5.60 Å². The summed E-state index contributed by atoms with van der Waals surface area (Å²) in [6.07, 6.45) is 3.11. The fourth-order valence-corrected chi connectivity index (χ4v) is 2.28. The molecule has 0 aliphatic rings. The first-order chi connectivity index (χ1) is 8.68. The maximum absolute atomic E-state index is 11.0. The van der Waals surface area contributed by atoms with Gasteiger partial charge in [-0.05, 0) is 18.1 Å². The Hall–Kier alpha value is -1.87. The van der Waals surface area contributed by atoms with E-state index in [2.05, 4.69) is 4.98 Å². The molecule has 2 aromatic rings. The number of nitrogen functional groups attached to an aromatic ring is 1. The third-order valence-electron chi connectivity index (χ3n) is 3.15. The van der Waals surface area contributed by atoms with Crippen molar-refractivity contribution in [3.63, 3.8) is 0 Å². The fraction of sp³-hybridized carbons (Fsp3) is 0.267. The molecule has 94 valence electrons. The summed E-state index contributed by atoms with van der Waals surface area (Å²) >= 11 is 0. The Kier molecular flexibility index (Phi) is 3.63. The fourth-order valence-electron chi connectivity index (χ4n) is 2.28. The largest absolute Gasteiger partial charge is 0.383 e. The van der Waals surface area contributed by atoms with E-state index in [1.807, 2.05) is 43.3 Å². The minimum Gasteiger partial charge on any atom is -0.383 e. The number of benzene rings is 1. The highest BCUT2D eigenvalue weighted by atomic mass is 16.3. The van der Waals surface area contributed by atoms with Crippen molar-refractivity contribution in [1.82, 2.24) is 4.98 Å². The number of hydrogen-bond donors (Lipinski definition) is 2. The van der Waals surface area contributed by atoms with Crippen molar-refractivity contribution >= 4 is 5.82 Å². The van der Waals surface area contributed by atoms with Gasteiger partial charge in [-0.3, -0.25) is 0 Å². The molecule has 0 aliphatic carbocycles. The molecule has 1 heterocycles. The summed E-state index contributed by atoms with van der Waals surface area (Å²) in [6, 6.07) is 13.2. The van der Waals surface area contributed by atoms with Gasteiger partial charge in [-0.25, -0.2) is 4.98 Å². The first-order valence-corrected chi connectivity index (χ1v) is 6.17. The van der Waals surface area contributed by atoms with E-state index in [-0.39, 0.29) is 0 Å². The van der Waals surface area contributed by atoms with Crippen LogP contribution >= 0.6 is 0 Å². The molecule has 3 heteroatoms. The molecule has 0 bridgehead atoms. The van der Waals surface area contributed by atoms with Crippen molar-refractivity contribution in [2.75, 3.05) is 5.73 Å². The molecular weight excluding hydrogens is 224 g/mol. The van der Waals surface area contributed by atoms with Gasteiger partial charge in [-0.2, -0.15) is 0 Å². The van der Waals surface area contributed by atoms with E-state index in [0.717, 1.165) is 12.0 Å². The lowest BCUT2D eigenvalue weighted by Gasteiger charge is -2.29. The minimum atomic E-state index is -1.06. The second-order valence-electron chi connectivity index (χ2n) is 4.41. The van der Waals surface area contributed by atoms with Gasteiger partial charge in [0.2, 0.25) is 0 Å². The molecule has 3 N–H and O–H groups in total. The standard InChI is InChI=1S/C15H18N2O/c1-2-10-15(18,12-7-4-3-5-8-12)13-9-6-11-17-14(13)16/h3-9,11,18H,2,10H2,1H3,(H2,16,17). The van der Waals surface area contributed by atoms with E-state index in [1.165, 1.54) is 0 Å². The predicted molar refractivity (Wildman–Crippen MR) is 73.0 cm³/mol. The third-order valence-corrected chi connectivity index (χ3v) is 3.15. The van der Waals surface area contributed by atoms with Gasteiger partial charge in [0.1, 0.15) is 11.4 Å². The summed E-state index contributed by atoms with van der Waals surface area (Å²) in [5.41, 5.74) is 6.37. The van der Waals surface area contributed by atoms with E-state index in [4.69, 9.17) is 5.73 Å². The molecule has 18 heavy (non-hydrogen) atoms.